The van der Waals surface area contributed by atoms with E-state index in [1.54, 1.807) is 6.92 Å². The average molecular weight is 318 g/mol. The van der Waals surface area contributed by atoms with Crippen molar-refractivity contribution in [2.24, 2.45) is 0 Å². The van der Waals surface area contributed by atoms with Gasteiger partial charge in [-0.05, 0) is 19.9 Å². The third-order valence-corrected chi connectivity index (χ3v) is 3.80. The molecule has 2 aromatic rings. The standard InChI is InChI=1S/C10H12ClN5O3S/c1-3-12-9-8(11)4-7(5-13-9)20(17,18)16-10-14-6(2)15-19-10/h4-5H,3H2,1-2H3,(H,12,13)(H,14,15,16). The molecule has 20 heavy (non-hydrogen) atoms. The fourth-order valence-corrected chi connectivity index (χ4v) is 2.57. The van der Waals surface area contributed by atoms with Crippen molar-refractivity contribution >= 4 is 33.5 Å². The van der Waals surface area contributed by atoms with Gasteiger partial charge in [0, 0.05) is 12.7 Å². The van der Waals surface area contributed by atoms with Crippen LogP contribution in [0.15, 0.2) is 21.7 Å². The predicted molar refractivity (Wildman–Crippen MR) is 73.3 cm³/mol. The Bertz CT molecular complexity index is 715. The number of pyridine rings is 1. The Hall–Kier alpha value is -1.87. The van der Waals surface area contributed by atoms with Gasteiger partial charge in [0.1, 0.15) is 10.7 Å². The number of aryl methyl sites for hydroxylation is 1. The Kier molecular flexibility index (Phi) is 4.09. The summed E-state index contributed by atoms with van der Waals surface area (Å²) in [4.78, 5) is 7.61. The van der Waals surface area contributed by atoms with Gasteiger partial charge >= 0.3 is 6.01 Å². The number of rotatable bonds is 5. The van der Waals surface area contributed by atoms with Crippen molar-refractivity contribution in [3.63, 3.8) is 0 Å². The van der Waals surface area contributed by atoms with Crippen LogP contribution in [-0.2, 0) is 10.0 Å². The van der Waals surface area contributed by atoms with Gasteiger partial charge < -0.3 is 9.84 Å². The first kappa shape index (κ1) is 14.5. The first-order chi connectivity index (χ1) is 9.42. The molecule has 2 heterocycles. The zero-order valence-electron chi connectivity index (χ0n) is 10.7. The van der Waals surface area contributed by atoms with Crippen LogP contribution in [0.25, 0.3) is 0 Å². The van der Waals surface area contributed by atoms with Gasteiger partial charge in [-0.15, -0.1) is 0 Å². The van der Waals surface area contributed by atoms with Gasteiger partial charge in [-0.1, -0.05) is 16.8 Å². The van der Waals surface area contributed by atoms with Crippen LogP contribution in [0.2, 0.25) is 5.02 Å². The quantitative estimate of drug-likeness (QED) is 0.862. The van der Waals surface area contributed by atoms with Gasteiger partial charge in [-0.2, -0.15) is 4.98 Å². The molecule has 108 valence electrons. The van der Waals surface area contributed by atoms with Crippen LogP contribution >= 0.6 is 11.6 Å². The number of aromatic nitrogens is 3. The summed E-state index contributed by atoms with van der Waals surface area (Å²) in [7, 11) is -3.88. The topological polar surface area (TPSA) is 110 Å². The summed E-state index contributed by atoms with van der Waals surface area (Å²) in [6.45, 7) is 4.07. The second-order valence-corrected chi connectivity index (χ2v) is 5.87. The molecular weight excluding hydrogens is 306 g/mol. The molecule has 0 bridgehead atoms. The van der Waals surface area contributed by atoms with Crippen LogP contribution in [0.1, 0.15) is 12.7 Å². The van der Waals surface area contributed by atoms with Gasteiger partial charge in [0.15, 0.2) is 5.82 Å². The van der Waals surface area contributed by atoms with Crippen molar-refractivity contribution in [2.45, 2.75) is 18.7 Å². The third-order valence-electron chi connectivity index (χ3n) is 2.22. The minimum Gasteiger partial charge on any atom is -0.369 e. The van der Waals surface area contributed by atoms with E-state index in [-0.39, 0.29) is 15.9 Å². The molecule has 2 aromatic heterocycles. The molecule has 0 unspecified atom stereocenters. The normalized spacial score (nSPS) is 11.3. The van der Waals surface area contributed by atoms with Crippen LogP contribution in [0, 0.1) is 6.92 Å². The third kappa shape index (κ3) is 3.17. The van der Waals surface area contributed by atoms with Crippen LogP contribution in [0.4, 0.5) is 11.8 Å². The maximum Gasteiger partial charge on any atom is 0.335 e. The van der Waals surface area contributed by atoms with E-state index >= 15 is 0 Å². The molecule has 0 aromatic carbocycles. The lowest BCUT2D eigenvalue weighted by atomic mass is 10.4. The molecule has 0 amide bonds. The first-order valence-corrected chi connectivity index (χ1v) is 7.51. The molecule has 0 radical (unpaired) electrons. The van der Waals surface area contributed by atoms with E-state index in [2.05, 4.69) is 25.2 Å². The molecule has 0 aliphatic carbocycles. The highest BCUT2D eigenvalue weighted by Gasteiger charge is 2.19. The molecule has 0 saturated carbocycles. The van der Waals surface area contributed by atoms with Crippen LogP contribution < -0.4 is 10.0 Å². The Balaban J connectivity index is 2.27. The van der Waals surface area contributed by atoms with Gasteiger partial charge in [0.2, 0.25) is 0 Å². The maximum atomic E-state index is 12.1. The molecule has 0 aliphatic rings. The maximum absolute atomic E-state index is 12.1. The van der Waals surface area contributed by atoms with E-state index in [0.29, 0.717) is 18.2 Å². The van der Waals surface area contributed by atoms with E-state index in [1.165, 1.54) is 12.3 Å². The Morgan fingerprint density at radius 2 is 2.20 bits per heavy atom. The molecule has 0 spiro atoms. The van der Waals surface area contributed by atoms with Gasteiger partial charge in [0.05, 0.1) is 5.02 Å². The molecule has 0 aliphatic heterocycles. The minimum absolute atomic E-state index is 0.0972. The lowest BCUT2D eigenvalue weighted by Gasteiger charge is -2.07. The van der Waals surface area contributed by atoms with E-state index in [9.17, 15) is 8.42 Å². The summed E-state index contributed by atoms with van der Waals surface area (Å²) < 4.78 is 31.0. The molecule has 0 saturated heterocycles. The summed E-state index contributed by atoms with van der Waals surface area (Å²) >= 11 is 5.95. The van der Waals surface area contributed by atoms with Crippen LogP contribution in [-0.4, -0.2) is 30.1 Å². The van der Waals surface area contributed by atoms with E-state index < -0.39 is 10.0 Å². The first-order valence-electron chi connectivity index (χ1n) is 5.65. The zero-order chi connectivity index (χ0) is 14.8. The molecule has 2 rings (SSSR count). The number of halogens is 1. The van der Waals surface area contributed by atoms with E-state index in [4.69, 9.17) is 16.1 Å². The second kappa shape index (κ2) is 5.63. The second-order valence-electron chi connectivity index (χ2n) is 3.78. The van der Waals surface area contributed by atoms with Crippen molar-refractivity contribution in [3.05, 3.63) is 23.1 Å². The largest absolute Gasteiger partial charge is 0.369 e. The molecular formula is C10H12ClN5O3S. The summed E-state index contributed by atoms with van der Waals surface area (Å²) in [5.74, 6) is 0.739. The number of nitrogens with one attached hydrogen (secondary N) is 2. The van der Waals surface area contributed by atoms with Crippen molar-refractivity contribution in [1.29, 1.82) is 0 Å². The Morgan fingerprint density at radius 3 is 2.75 bits per heavy atom. The molecule has 10 heteroatoms. The monoisotopic (exact) mass is 317 g/mol. The van der Waals surface area contributed by atoms with Gasteiger partial charge in [-0.3, -0.25) is 0 Å². The predicted octanol–water partition coefficient (Wildman–Crippen LogP) is 1.66. The lowest BCUT2D eigenvalue weighted by molar-refractivity contribution is 0.429. The Labute approximate surface area is 120 Å². The van der Waals surface area contributed by atoms with Crippen molar-refractivity contribution in [3.8, 4) is 0 Å². The number of sulfonamides is 1. The SMILES string of the molecule is CCNc1ncc(S(=O)(=O)Nc2nc(C)no2)cc1Cl. The number of hydrogen-bond donors (Lipinski definition) is 2. The highest BCUT2D eigenvalue weighted by Crippen LogP contribution is 2.23. The summed E-state index contributed by atoms with van der Waals surface area (Å²) in [6, 6.07) is 1.08. The number of hydrogen-bond acceptors (Lipinski definition) is 7. The summed E-state index contributed by atoms with van der Waals surface area (Å²) in [5.41, 5.74) is 0. The van der Waals surface area contributed by atoms with Crippen molar-refractivity contribution < 1.29 is 12.9 Å². The highest BCUT2D eigenvalue weighted by atomic mass is 35.5. The summed E-state index contributed by atoms with van der Waals surface area (Å²) in [5, 5.41) is 6.60. The van der Waals surface area contributed by atoms with Gasteiger partial charge in [0.25, 0.3) is 10.0 Å². The summed E-state index contributed by atoms with van der Waals surface area (Å²) in [6.07, 6.45) is 1.19. The van der Waals surface area contributed by atoms with Gasteiger partial charge in [-0.25, -0.2) is 18.1 Å². The van der Waals surface area contributed by atoms with E-state index in [1.807, 2.05) is 6.92 Å². The fourth-order valence-electron chi connectivity index (χ4n) is 1.38. The number of anilines is 2. The zero-order valence-corrected chi connectivity index (χ0v) is 12.3. The number of nitrogens with zero attached hydrogens (tertiary/aromatic N) is 3. The smallest absolute Gasteiger partial charge is 0.335 e. The Morgan fingerprint density at radius 1 is 1.45 bits per heavy atom. The van der Waals surface area contributed by atoms with E-state index in [0.717, 1.165) is 0 Å². The molecule has 2 N–H and O–H groups in total. The average Bonchev–Trinajstić information content (AvgIpc) is 2.76. The van der Waals surface area contributed by atoms with Crippen molar-refractivity contribution in [1.82, 2.24) is 15.1 Å². The molecule has 0 fully saturated rings. The highest BCUT2D eigenvalue weighted by molar-refractivity contribution is 7.92. The molecule has 0 atom stereocenters. The van der Waals surface area contributed by atoms with Crippen LogP contribution in [0.3, 0.4) is 0 Å². The lowest BCUT2D eigenvalue weighted by Crippen LogP contribution is -2.14. The van der Waals surface area contributed by atoms with Crippen LogP contribution in [0.5, 0.6) is 0 Å². The fraction of sp³-hybridized carbons (Fsp3) is 0.300. The molecule has 8 nitrogen and oxygen atoms in total. The van der Waals surface area contributed by atoms with Crippen molar-refractivity contribution in [2.75, 3.05) is 16.6 Å². The minimum atomic E-state index is -3.88.